The van der Waals surface area contributed by atoms with Gasteiger partial charge in [0, 0.05) is 57.7 Å². The number of rotatable bonds is 8. The minimum atomic E-state index is -0.963. The van der Waals surface area contributed by atoms with Gasteiger partial charge in [0.05, 0.1) is 27.4 Å². The van der Waals surface area contributed by atoms with Gasteiger partial charge in [0.1, 0.15) is 24.0 Å². The van der Waals surface area contributed by atoms with Crippen LogP contribution in [0.2, 0.25) is 5.02 Å². The molecule has 0 radical (unpaired) electrons. The summed E-state index contributed by atoms with van der Waals surface area (Å²) in [5, 5.41) is 11.9. The van der Waals surface area contributed by atoms with Crippen LogP contribution in [-0.2, 0) is 9.59 Å². The number of imide groups is 2. The molecule has 1 unspecified atom stereocenters. The van der Waals surface area contributed by atoms with Crippen molar-refractivity contribution < 1.29 is 23.9 Å². The van der Waals surface area contributed by atoms with Gasteiger partial charge in [-0.1, -0.05) is 29.8 Å². The van der Waals surface area contributed by atoms with Crippen LogP contribution in [0.5, 0.6) is 5.75 Å². The summed E-state index contributed by atoms with van der Waals surface area (Å²) in [5.41, 5.74) is 4.39. The van der Waals surface area contributed by atoms with Gasteiger partial charge < -0.3 is 19.4 Å². The van der Waals surface area contributed by atoms with E-state index in [4.69, 9.17) is 21.6 Å². The lowest BCUT2D eigenvalue weighted by Crippen LogP contribution is -2.54. The summed E-state index contributed by atoms with van der Waals surface area (Å²) in [5.74, 6) is 0.149. The number of amides is 4. The number of fused-ring (bicyclic) bond motifs is 1. The zero-order valence-corrected chi connectivity index (χ0v) is 31.1. The Morgan fingerprint density at radius 3 is 2.20 bits per heavy atom. The van der Waals surface area contributed by atoms with Crippen molar-refractivity contribution in [2.75, 3.05) is 55.6 Å². The Bertz CT molecular complexity index is 1970. The Hall–Kier alpha value is -4.92. The second-order valence-electron chi connectivity index (χ2n) is 15.3. The zero-order chi connectivity index (χ0) is 37.3. The second-order valence-corrected chi connectivity index (χ2v) is 15.7. The molecule has 280 valence electrons. The largest absolute Gasteiger partial charge is 0.490 e. The van der Waals surface area contributed by atoms with Crippen molar-refractivity contribution in [3.8, 4) is 11.8 Å². The molecular weight excluding hydrogens is 704 g/mol. The Morgan fingerprint density at radius 2 is 1.52 bits per heavy atom. The van der Waals surface area contributed by atoms with Crippen molar-refractivity contribution in [3.63, 3.8) is 0 Å². The highest BCUT2D eigenvalue weighted by atomic mass is 35.5. The molecule has 0 aromatic heterocycles. The fraction of sp³-hybridized carbons (Fsp3) is 0.452. The van der Waals surface area contributed by atoms with E-state index in [-0.39, 0.29) is 24.9 Å². The first kappa shape index (κ1) is 36.1. The van der Waals surface area contributed by atoms with Gasteiger partial charge in [0.15, 0.2) is 0 Å². The average Bonchev–Trinajstić information content (AvgIpc) is 3.45. The number of halogens is 1. The molecule has 0 saturated carbocycles. The third kappa shape index (κ3) is 7.29. The normalized spacial score (nSPS) is 22.0. The van der Waals surface area contributed by atoms with Crippen molar-refractivity contribution in [2.45, 2.75) is 69.4 Å². The predicted octanol–water partition coefficient (Wildman–Crippen LogP) is 5.76. The zero-order valence-electron chi connectivity index (χ0n) is 30.3. The van der Waals surface area contributed by atoms with E-state index < -0.39 is 23.8 Å². The van der Waals surface area contributed by atoms with Crippen LogP contribution in [0.4, 0.5) is 11.4 Å². The number of nitrogens with one attached hydrogen (secondary N) is 1. The fourth-order valence-electron chi connectivity index (χ4n) is 8.97. The highest BCUT2D eigenvalue weighted by Crippen LogP contribution is 2.37. The maximum Gasteiger partial charge on any atom is 0.264 e. The first-order valence-electron chi connectivity index (χ1n) is 19.3. The first-order chi connectivity index (χ1) is 26.2. The Kier molecular flexibility index (Phi) is 10.3. The minimum absolute atomic E-state index is 0.103. The molecule has 4 amide bonds. The third-order valence-corrected chi connectivity index (χ3v) is 12.4. The molecule has 3 aromatic carbocycles. The maximum atomic E-state index is 13.6. The molecule has 12 heteroatoms. The van der Waals surface area contributed by atoms with E-state index in [1.165, 1.54) is 5.56 Å². The van der Waals surface area contributed by atoms with Crippen LogP contribution in [0.25, 0.3) is 0 Å². The van der Waals surface area contributed by atoms with Gasteiger partial charge >= 0.3 is 0 Å². The molecule has 0 spiro atoms. The smallest absolute Gasteiger partial charge is 0.264 e. The number of nitriles is 1. The van der Waals surface area contributed by atoms with E-state index in [0.717, 1.165) is 106 Å². The number of likely N-dealkylation sites (tertiary alicyclic amines) is 1. The van der Waals surface area contributed by atoms with Gasteiger partial charge in [-0.3, -0.25) is 29.4 Å². The summed E-state index contributed by atoms with van der Waals surface area (Å²) in [4.78, 5) is 59.3. The summed E-state index contributed by atoms with van der Waals surface area (Å²) in [6.45, 7) is 6.59. The number of carbonyl (C=O) groups excluding carboxylic acids is 4. The van der Waals surface area contributed by atoms with E-state index in [9.17, 15) is 19.2 Å². The molecular formula is C42H45ClN6O5. The van der Waals surface area contributed by atoms with Gasteiger partial charge in [0.2, 0.25) is 11.8 Å². The highest BCUT2D eigenvalue weighted by molar-refractivity contribution is 6.32. The average molecular weight is 749 g/mol. The quantitative estimate of drug-likeness (QED) is 0.287. The number of anilines is 2. The van der Waals surface area contributed by atoms with Gasteiger partial charge in [-0.2, -0.15) is 5.26 Å². The van der Waals surface area contributed by atoms with Crippen molar-refractivity contribution in [3.05, 3.63) is 87.9 Å². The van der Waals surface area contributed by atoms with Crippen LogP contribution in [0.3, 0.4) is 0 Å². The molecule has 5 heterocycles. The molecule has 0 bridgehead atoms. The van der Waals surface area contributed by atoms with Crippen LogP contribution in [0.15, 0.2) is 60.7 Å². The van der Waals surface area contributed by atoms with Gasteiger partial charge in [-0.25, -0.2) is 0 Å². The predicted molar refractivity (Wildman–Crippen MR) is 205 cm³/mol. The monoisotopic (exact) mass is 748 g/mol. The lowest BCUT2D eigenvalue weighted by molar-refractivity contribution is -0.136. The highest BCUT2D eigenvalue weighted by Gasteiger charge is 2.46. The standard InChI is InChI=1S/C42H45ClN6O5/c43-35-24-31(7-4-30(35)25-44)47-22-16-33(17-23-47)54-32-8-5-28(6-9-32)29-14-18-46(19-15-29)26-27-12-20-48(21-13-27)36-3-1-2-34-39(36)42(53)49(41(34)52)37-10-11-38(50)45-40(37)51/h1-9,24,27,29,33,37H,10-23,26H2,(H,45,50,51). The summed E-state index contributed by atoms with van der Waals surface area (Å²) in [6, 6.07) is 20.9. The third-order valence-electron chi connectivity index (χ3n) is 12.0. The molecule has 4 fully saturated rings. The number of hydrogen-bond donors (Lipinski definition) is 1. The maximum absolute atomic E-state index is 13.6. The van der Waals surface area contributed by atoms with E-state index >= 15 is 0 Å². The summed E-state index contributed by atoms with van der Waals surface area (Å²) < 4.78 is 6.38. The minimum Gasteiger partial charge on any atom is -0.490 e. The number of hydrogen-bond acceptors (Lipinski definition) is 9. The molecule has 8 rings (SSSR count). The first-order valence-corrected chi connectivity index (χ1v) is 19.7. The molecule has 3 aromatic rings. The lowest BCUT2D eigenvalue weighted by Gasteiger charge is -2.39. The molecule has 0 aliphatic carbocycles. The molecule has 4 saturated heterocycles. The van der Waals surface area contributed by atoms with Crippen LogP contribution in [-0.4, -0.2) is 91.4 Å². The van der Waals surface area contributed by atoms with Crippen LogP contribution >= 0.6 is 11.6 Å². The van der Waals surface area contributed by atoms with Gasteiger partial charge in [-0.15, -0.1) is 0 Å². The van der Waals surface area contributed by atoms with Crippen LogP contribution in [0.1, 0.15) is 89.1 Å². The number of piperidine rings is 4. The Labute approximate surface area is 320 Å². The van der Waals surface area contributed by atoms with Crippen molar-refractivity contribution >= 4 is 46.6 Å². The van der Waals surface area contributed by atoms with Crippen molar-refractivity contribution in [2.24, 2.45) is 5.92 Å². The fourth-order valence-corrected chi connectivity index (χ4v) is 9.18. The van der Waals surface area contributed by atoms with Gasteiger partial charge in [0.25, 0.3) is 11.8 Å². The molecule has 5 aliphatic heterocycles. The lowest BCUT2D eigenvalue weighted by atomic mass is 9.88. The molecule has 5 aliphatic rings. The van der Waals surface area contributed by atoms with E-state index in [1.807, 2.05) is 24.3 Å². The molecule has 11 nitrogen and oxygen atoms in total. The molecule has 1 atom stereocenters. The molecule has 1 N–H and O–H groups in total. The summed E-state index contributed by atoms with van der Waals surface area (Å²) in [7, 11) is 0. The summed E-state index contributed by atoms with van der Waals surface area (Å²) >= 11 is 6.26. The Morgan fingerprint density at radius 1 is 0.796 bits per heavy atom. The number of carbonyl (C=O) groups is 4. The van der Waals surface area contributed by atoms with Crippen molar-refractivity contribution in [1.29, 1.82) is 5.26 Å². The molecule has 54 heavy (non-hydrogen) atoms. The number of ether oxygens (including phenoxy) is 1. The second kappa shape index (κ2) is 15.4. The number of nitrogens with zero attached hydrogens (tertiary/aromatic N) is 5. The van der Waals surface area contributed by atoms with Crippen LogP contribution in [0, 0.1) is 17.2 Å². The van der Waals surface area contributed by atoms with E-state index in [2.05, 4.69) is 50.4 Å². The summed E-state index contributed by atoms with van der Waals surface area (Å²) in [6.07, 6.45) is 6.56. The topological polar surface area (TPSA) is 126 Å². The van der Waals surface area contributed by atoms with Crippen LogP contribution < -0.4 is 19.9 Å². The van der Waals surface area contributed by atoms with Gasteiger partial charge in [-0.05, 0) is 105 Å². The van der Waals surface area contributed by atoms with E-state index in [1.54, 1.807) is 12.1 Å². The Balaban J connectivity index is 0.782. The van der Waals surface area contributed by atoms with E-state index in [0.29, 0.717) is 33.5 Å². The van der Waals surface area contributed by atoms with Crippen molar-refractivity contribution in [1.82, 2.24) is 15.1 Å². The SMILES string of the molecule is N#Cc1ccc(N2CCC(Oc3ccc(C4CCN(CC5CCN(c6cccc7c6C(=O)N(C6CCC(=O)NC6=O)C7=O)CC5)CC4)cc3)CC2)cc1Cl. The number of benzene rings is 3.